The normalized spacial score (nSPS) is 25.4. The Hall–Kier alpha value is -0.910. The first kappa shape index (κ1) is 16.6. The number of likely N-dealkylation sites (tertiary alicyclic amines) is 1. The van der Waals surface area contributed by atoms with Crippen molar-refractivity contribution in [2.24, 2.45) is 0 Å². The van der Waals surface area contributed by atoms with Gasteiger partial charge in [0.1, 0.15) is 0 Å². The minimum Gasteiger partial charge on any atom is -0.391 e. The van der Waals surface area contributed by atoms with E-state index in [2.05, 4.69) is 76.0 Å². The third-order valence-corrected chi connectivity index (χ3v) is 6.78. The SMILES string of the molecule is OC1Cc2cccc(I)c2CC1N1CCC(c2ccccc2)CC1. The minimum absolute atomic E-state index is 0.232. The highest BCUT2D eigenvalue weighted by atomic mass is 127. The zero-order valence-electron chi connectivity index (χ0n) is 13.9. The number of aliphatic hydroxyl groups is 1. The van der Waals surface area contributed by atoms with E-state index in [4.69, 9.17) is 0 Å². The number of fused-ring (bicyclic) bond motifs is 1. The highest BCUT2D eigenvalue weighted by Crippen LogP contribution is 2.33. The van der Waals surface area contributed by atoms with E-state index in [9.17, 15) is 5.11 Å². The maximum atomic E-state index is 10.7. The lowest BCUT2D eigenvalue weighted by molar-refractivity contribution is 0.0293. The van der Waals surface area contributed by atoms with Crippen molar-refractivity contribution in [3.8, 4) is 0 Å². The average molecular weight is 433 g/mol. The molecule has 1 saturated heterocycles. The van der Waals surface area contributed by atoms with Gasteiger partial charge in [-0.1, -0.05) is 42.5 Å². The molecule has 1 aliphatic heterocycles. The van der Waals surface area contributed by atoms with E-state index >= 15 is 0 Å². The van der Waals surface area contributed by atoms with Crippen molar-refractivity contribution in [1.82, 2.24) is 4.90 Å². The quantitative estimate of drug-likeness (QED) is 0.724. The van der Waals surface area contributed by atoms with Crippen LogP contribution in [0.25, 0.3) is 0 Å². The van der Waals surface area contributed by atoms with Crippen LogP contribution in [0.15, 0.2) is 48.5 Å². The van der Waals surface area contributed by atoms with Crippen LogP contribution in [0.1, 0.15) is 35.4 Å². The molecule has 0 amide bonds. The molecule has 2 aromatic rings. The molecule has 24 heavy (non-hydrogen) atoms. The molecule has 2 nitrogen and oxygen atoms in total. The highest BCUT2D eigenvalue weighted by molar-refractivity contribution is 14.1. The van der Waals surface area contributed by atoms with Gasteiger partial charge in [-0.05, 0) is 83.6 Å². The van der Waals surface area contributed by atoms with Gasteiger partial charge in [-0.25, -0.2) is 0 Å². The Morgan fingerprint density at radius 2 is 1.67 bits per heavy atom. The Bertz CT molecular complexity index is 694. The second-order valence-corrected chi connectivity index (χ2v) is 8.30. The smallest absolute Gasteiger partial charge is 0.0738 e. The molecule has 4 rings (SSSR count). The van der Waals surface area contributed by atoms with Gasteiger partial charge < -0.3 is 5.11 Å². The maximum Gasteiger partial charge on any atom is 0.0738 e. The summed E-state index contributed by atoms with van der Waals surface area (Å²) >= 11 is 2.44. The predicted octanol–water partition coefficient (Wildman–Crippen LogP) is 4.00. The van der Waals surface area contributed by atoms with Gasteiger partial charge in [0, 0.05) is 16.0 Å². The Balaban J connectivity index is 1.45. The van der Waals surface area contributed by atoms with E-state index in [-0.39, 0.29) is 12.1 Å². The van der Waals surface area contributed by atoms with Crippen molar-refractivity contribution in [3.05, 3.63) is 68.8 Å². The Morgan fingerprint density at radius 3 is 2.42 bits per heavy atom. The van der Waals surface area contributed by atoms with Crippen molar-refractivity contribution in [2.45, 2.75) is 43.7 Å². The predicted molar refractivity (Wildman–Crippen MR) is 106 cm³/mol. The summed E-state index contributed by atoms with van der Waals surface area (Å²) in [5.74, 6) is 0.676. The molecule has 0 radical (unpaired) electrons. The number of benzene rings is 2. The molecular formula is C21H24INO. The monoisotopic (exact) mass is 433 g/mol. The number of piperidine rings is 1. The lowest BCUT2D eigenvalue weighted by Gasteiger charge is -2.42. The van der Waals surface area contributed by atoms with Crippen molar-refractivity contribution in [3.63, 3.8) is 0 Å². The molecule has 3 heteroatoms. The minimum atomic E-state index is -0.232. The van der Waals surface area contributed by atoms with Crippen LogP contribution in [0.2, 0.25) is 0 Å². The van der Waals surface area contributed by atoms with Crippen molar-refractivity contribution < 1.29 is 5.11 Å². The summed E-state index contributed by atoms with van der Waals surface area (Å²) in [6, 6.07) is 17.7. The molecule has 2 aliphatic rings. The number of hydrogen-bond acceptors (Lipinski definition) is 2. The third kappa shape index (κ3) is 3.26. The Morgan fingerprint density at radius 1 is 0.917 bits per heavy atom. The fraction of sp³-hybridized carbons (Fsp3) is 0.429. The number of halogens is 1. The van der Waals surface area contributed by atoms with Crippen molar-refractivity contribution >= 4 is 22.6 Å². The summed E-state index contributed by atoms with van der Waals surface area (Å²) < 4.78 is 1.35. The second-order valence-electron chi connectivity index (χ2n) is 7.14. The van der Waals surface area contributed by atoms with Gasteiger partial charge in [0.15, 0.2) is 0 Å². The topological polar surface area (TPSA) is 23.5 Å². The van der Waals surface area contributed by atoms with Crippen LogP contribution in [0.5, 0.6) is 0 Å². The van der Waals surface area contributed by atoms with Crippen LogP contribution in [0.3, 0.4) is 0 Å². The molecule has 1 fully saturated rings. The van der Waals surface area contributed by atoms with Crippen LogP contribution in [0, 0.1) is 3.57 Å². The molecule has 0 bridgehead atoms. The number of aliphatic hydroxyl groups excluding tert-OH is 1. The van der Waals surface area contributed by atoms with Gasteiger partial charge in [-0.2, -0.15) is 0 Å². The van der Waals surface area contributed by atoms with Crippen LogP contribution < -0.4 is 0 Å². The van der Waals surface area contributed by atoms with Gasteiger partial charge in [-0.15, -0.1) is 0 Å². The number of hydrogen-bond donors (Lipinski definition) is 1. The fourth-order valence-electron chi connectivity index (χ4n) is 4.39. The molecule has 1 heterocycles. The summed E-state index contributed by atoms with van der Waals surface area (Å²) in [5.41, 5.74) is 4.27. The first-order chi connectivity index (χ1) is 11.7. The van der Waals surface area contributed by atoms with E-state index in [1.54, 1.807) is 0 Å². The Labute approximate surface area is 158 Å². The van der Waals surface area contributed by atoms with Crippen LogP contribution in [-0.4, -0.2) is 35.2 Å². The molecule has 0 saturated carbocycles. The molecule has 1 aliphatic carbocycles. The maximum absolute atomic E-state index is 10.7. The average Bonchev–Trinajstić information content (AvgIpc) is 2.62. The van der Waals surface area contributed by atoms with Gasteiger partial charge in [0.25, 0.3) is 0 Å². The first-order valence-electron chi connectivity index (χ1n) is 8.95. The number of nitrogens with zero attached hydrogens (tertiary/aromatic N) is 1. The molecule has 0 spiro atoms. The van der Waals surface area contributed by atoms with E-state index in [0.717, 1.165) is 25.9 Å². The van der Waals surface area contributed by atoms with E-state index in [0.29, 0.717) is 5.92 Å². The fourth-order valence-corrected chi connectivity index (χ4v) is 5.17. The van der Waals surface area contributed by atoms with Crippen LogP contribution >= 0.6 is 22.6 Å². The van der Waals surface area contributed by atoms with E-state index < -0.39 is 0 Å². The van der Waals surface area contributed by atoms with E-state index in [1.807, 2.05) is 0 Å². The van der Waals surface area contributed by atoms with Gasteiger partial charge in [0.05, 0.1) is 6.10 Å². The zero-order chi connectivity index (χ0) is 16.5. The lowest BCUT2D eigenvalue weighted by Crippen LogP contribution is -2.51. The number of rotatable bonds is 2. The summed E-state index contributed by atoms with van der Waals surface area (Å²) in [4.78, 5) is 2.54. The first-order valence-corrected chi connectivity index (χ1v) is 10.0. The van der Waals surface area contributed by atoms with Gasteiger partial charge >= 0.3 is 0 Å². The largest absolute Gasteiger partial charge is 0.391 e. The van der Waals surface area contributed by atoms with E-state index in [1.165, 1.54) is 33.1 Å². The molecule has 0 aromatic heterocycles. The summed E-state index contributed by atoms with van der Waals surface area (Å²) in [5, 5.41) is 10.7. The zero-order valence-corrected chi connectivity index (χ0v) is 16.0. The summed E-state index contributed by atoms with van der Waals surface area (Å²) in [6.45, 7) is 2.19. The van der Waals surface area contributed by atoms with Crippen molar-refractivity contribution in [1.29, 1.82) is 0 Å². The summed E-state index contributed by atoms with van der Waals surface area (Å²) in [7, 11) is 0. The molecule has 2 unspecified atom stereocenters. The standard InChI is InChI=1S/C21H24INO/c22-19-8-4-7-17-13-21(24)20(14-18(17)19)23-11-9-16(10-12-23)15-5-2-1-3-6-15/h1-8,16,20-21,24H,9-14H2. The van der Waals surface area contributed by atoms with Crippen molar-refractivity contribution in [2.75, 3.05) is 13.1 Å². The molecular weight excluding hydrogens is 409 g/mol. The van der Waals surface area contributed by atoms with Crippen LogP contribution in [0.4, 0.5) is 0 Å². The molecule has 2 aromatic carbocycles. The summed E-state index contributed by atoms with van der Waals surface area (Å²) in [6.07, 6.45) is 3.96. The second kappa shape index (κ2) is 7.14. The molecule has 126 valence electrons. The highest BCUT2D eigenvalue weighted by Gasteiger charge is 2.34. The van der Waals surface area contributed by atoms with Gasteiger partial charge in [0.2, 0.25) is 0 Å². The molecule has 1 N–H and O–H groups in total. The van der Waals surface area contributed by atoms with Gasteiger partial charge in [-0.3, -0.25) is 4.90 Å². The lowest BCUT2D eigenvalue weighted by atomic mass is 9.83. The Kier molecular flexibility index (Phi) is 4.93. The molecule has 2 atom stereocenters. The van der Waals surface area contributed by atoms with Crippen LogP contribution in [-0.2, 0) is 12.8 Å². The third-order valence-electron chi connectivity index (χ3n) is 5.77.